The summed E-state index contributed by atoms with van der Waals surface area (Å²) in [6, 6.07) is 3.98. The van der Waals surface area contributed by atoms with Crippen LogP contribution in [-0.4, -0.2) is 10.7 Å². The molecule has 1 aromatic heterocycles. The fourth-order valence-electron chi connectivity index (χ4n) is 0.848. The minimum Gasteiger partial charge on any atom is -0.355 e. The number of aromatic amines is 1. The van der Waals surface area contributed by atoms with Gasteiger partial charge < -0.3 is 4.98 Å². The topological polar surface area (TPSA) is 39.6 Å². The maximum atomic E-state index is 8.54. The van der Waals surface area contributed by atoms with Gasteiger partial charge in [-0.1, -0.05) is 13.3 Å². The minimum atomic E-state index is 0.717. The van der Waals surface area contributed by atoms with Crippen molar-refractivity contribution in [3.63, 3.8) is 0 Å². The number of H-pyrrole nitrogens is 1. The van der Waals surface area contributed by atoms with Crippen molar-refractivity contribution in [3.8, 4) is 6.07 Å². The van der Waals surface area contributed by atoms with Crippen molar-refractivity contribution in [1.29, 1.82) is 5.26 Å². The van der Waals surface area contributed by atoms with Gasteiger partial charge in [0.15, 0.2) is 0 Å². The third-order valence-electron chi connectivity index (χ3n) is 1.54. The highest BCUT2D eigenvalue weighted by molar-refractivity contribution is 7.99. The molecular weight excluding hydrogens is 168 g/mol. The van der Waals surface area contributed by atoms with Crippen molar-refractivity contribution in [2.75, 3.05) is 5.75 Å². The average molecular weight is 180 g/mol. The van der Waals surface area contributed by atoms with E-state index in [4.69, 9.17) is 5.26 Å². The predicted molar refractivity (Wildman–Crippen MR) is 51.1 cm³/mol. The van der Waals surface area contributed by atoms with Crippen molar-refractivity contribution in [2.24, 2.45) is 0 Å². The molecule has 0 aromatic carbocycles. The number of rotatable bonds is 4. The van der Waals surface area contributed by atoms with Gasteiger partial charge in [-0.05, 0) is 18.2 Å². The fourth-order valence-corrected chi connectivity index (χ4v) is 1.85. The number of hydrogen-bond acceptors (Lipinski definition) is 2. The van der Waals surface area contributed by atoms with Gasteiger partial charge in [-0.3, -0.25) is 0 Å². The van der Waals surface area contributed by atoms with Crippen LogP contribution < -0.4 is 0 Å². The van der Waals surface area contributed by atoms with Crippen LogP contribution in [0.25, 0.3) is 0 Å². The second kappa shape index (κ2) is 4.89. The lowest BCUT2D eigenvalue weighted by atomic mass is 10.4. The zero-order valence-corrected chi connectivity index (χ0v) is 7.95. The molecule has 3 heteroatoms. The van der Waals surface area contributed by atoms with Crippen LogP contribution in [0, 0.1) is 11.3 Å². The van der Waals surface area contributed by atoms with E-state index in [9.17, 15) is 0 Å². The van der Waals surface area contributed by atoms with E-state index in [-0.39, 0.29) is 0 Å². The first-order chi connectivity index (χ1) is 5.86. The first kappa shape index (κ1) is 9.21. The number of thioether (sulfide) groups is 1. The standard InChI is InChI=1S/C9H12N2S/c1-2-3-4-12-9-5-8(6-10)7-11-9/h5,7,11H,2-4H2,1H3. The van der Waals surface area contributed by atoms with Gasteiger partial charge in [0.25, 0.3) is 0 Å². The summed E-state index contributed by atoms with van der Waals surface area (Å²) in [5.41, 5.74) is 0.717. The summed E-state index contributed by atoms with van der Waals surface area (Å²) >= 11 is 1.77. The zero-order chi connectivity index (χ0) is 8.81. The van der Waals surface area contributed by atoms with E-state index in [1.54, 1.807) is 18.0 Å². The summed E-state index contributed by atoms with van der Waals surface area (Å²) in [6.07, 6.45) is 4.19. The highest BCUT2D eigenvalue weighted by Gasteiger charge is 1.97. The Morgan fingerprint density at radius 2 is 2.50 bits per heavy atom. The van der Waals surface area contributed by atoms with Crippen molar-refractivity contribution in [2.45, 2.75) is 24.8 Å². The van der Waals surface area contributed by atoms with E-state index in [1.807, 2.05) is 6.07 Å². The molecule has 0 bridgehead atoms. The number of nitriles is 1. The Balaban J connectivity index is 2.38. The van der Waals surface area contributed by atoms with Gasteiger partial charge in [0.2, 0.25) is 0 Å². The van der Waals surface area contributed by atoms with E-state index in [2.05, 4.69) is 18.0 Å². The largest absolute Gasteiger partial charge is 0.355 e. The highest BCUT2D eigenvalue weighted by atomic mass is 32.2. The van der Waals surface area contributed by atoms with Crippen LogP contribution in [0.1, 0.15) is 25.3 Å². The van der Waals surface area contributed by atoms with E-state index >= 15 is 0 Å². The molecule has 1 aromatic rings. The summed E-state index contributed by atoms with van der Waals surface area (Å²) in [5.74, 6) is 1.13. The Kier molecular flexibility index (Phi) is 3.75. The van der Waals surface area contributed by atoms with Crippen LogP contribution in [0.2, 0.25) is 0 Å². The lowest BCUT2D eigenvalue weighted by Crippen LogP contribution is -1.76. The molecule has 0 aliphatic rings. The maximum absolute atomic E-state index is 8.54. The van der Waals surface area contributed by atoms with E-state index < -0.39 is 0 Å². The summed E-state index contributed by atoms with van der Waals surface area (Å²) < 4.78 is 0. The number of nitrogens with zero attached hydrogens (tertiary/aromatic N) is 1. The minimum absolute atomic E-state index is 0.717. The fraction of sp³-hybridized carbons (Fsp3) is 0.444. The Morgan fingerprint density at radius 1 is 1.67 bits per heavy atom. The molecule has 0 amide bonds. The van der Waals surface area contributed by atoms with Crippen LogP contribution >= 0.6 is 11.8 Å². The molecule has 0 radical (unpaired) electrons. The van der Waals surface area contributed by atoms with Crippen LogP contribution in [0.4, 0.5) is 0 Å². The van der Waals surface area contributed by atoms with Crippen molar-refractivity contribution in [1.82, 2.24) is 4.98 Å². The van der Waals surface area contributed by atoms with Crippen LogP contribution in [-0.2, 0) is 0 Å². The summed E-state index contributed by atoms with van der Waals surface area (Å²) in [5, 5.41) is 9.64. The molecule has 0 atom stereocenters. The average Bonchev–Trinajstić information content (AvgIpc) is 2.53. The van der Waals surface area contributed by atoms with Gasteiger partial charge >= 0.3 is 0 Å². The normalized spacial score (nSPS) is 9.67. The molecule has 0 spiro atoms. The molecule has 64 valence electrons. The zero-order valence-electron chi connectivity index (χ0n) is 7.13. The van der Waals surface area contributed by atoms with Crippen molar-refractivity contribution < 1.29 is 0 Å². The molecular formula is C9H12N2S. The van der Waals surface area contributed by atoms with Crippen molar-refractivity contribution >= 4 is 11.8 Å². The number of unbranched alkanes of at least 4 members (excludes halogenated alkanes) is 1. The highest BCUT2D eigenvalue weighted by Crippen LogP contribution is 2.18. The Morgan fingerprint density at radius 3 is 3.08 bits per heavy atom. The quantitative estimate of drug-likeness (QED) is 0.571. The molecule has 0 aliphatic carbocycles. The summed E-state index contributed by atoms with van der Waals surface area (Å²) in [7, 11) is 0. The number of hydrogen-bond donors (Lipinski definition) is 1. The second-order valence-corrected chi connectivity index (χ2v) is 3.70. The predicted octanol–water partition coefficient (Wildman–Crippen LogP) is 2.78. The van der Waals surface area contributed by atoms with Gasteiger partial charge in [0, 0.05) is 6.20 Å². The number of aromatic nitrogens is 1. The monoisotopic (exact) mass is 180 g/mol. The van der Waals surface area contributed by atoms with Crippen LogP contribution in [0.15, 0.2) is 17.3 Å². The molecule has 0 unspecified atom stereocenters. The van der Waals surface area contributed by atoms with E-state index in [0.717, 1.165) is 10.8 Å². The molecule has 1 rings (SSSR count). The molecule has 12 heavy (non-hydrogen) atoms. The van der Waals surface area contributed by atoms with Gasteiger partial charge in [0.1, 0.15) is 6.07 Å². The maximum Gasteiger partial charge on any atom is 0.101 e. The molecule has 0 saturated heterocycles. The molecule has 1 heterocycles. The lowest BCUT2D eigenvalue weighted by molar-refractivity contribution is 0.895. The Hall–Kier alpha value is -0.880. The van der Waals surface area contributed by atoms with Gasteiger partial charge in [-0.2, -0.15) is 5.26 Å². The third kappa shape index (κ3) is 2.63. The second-order valence-electron chi connectivity index (χ2n) is 2.57. The Labute approximate surface area is 77.0 Å². The van der Waals surface area contributed by atoms with Crippen LogP contribution in [0.3, 0.4) is 0 Å². The molecule has 0 fully saturated rings. The molecule has 1 N–H and O–H groups in total. The van der Waals surface area contributed by atoms with E-state index in [1.165, 1.54) is 12.8 Å². The third-order valence-corrected chi connectivity index (χ3v) is 2.58. The molecule has 2 nitrogen and oxygen atoms in total. The first-order valence-corrected chi connectivity index (χ1v) is 5.06. The molecule has 0 aliphatic heterocycles. The van der Waals surface area contributed by atoms with Gasteiger partial charge in [-0.25, -0.2) is 0 Å². The van der Waals surface area contributed by atoms with Gasteiger partial charge in [0.05, 0.1) is 10.6 Å². The van der Waals surface area contributed by atoms with E-state index in [0.29, 0.717) is 5.56 Å². The summed E-state index contributed by atoms with van der Waals surface area (Å²) in [6.45, 7) is 2.18. The lowest BCUT2D eigenvalue weighted by Gasteiger charge is -1.94. The van der Waals surface area contributed by atoms with Crippen molar-refractivity contribution in [3.05, 3.63) is 17.8 Å². The molecule has 0 saturated carbocycles. The first-order valence-electron chi connectivity index (χ1n) is 4.08. The Bertz CT molecular complexity index is 272. The smallest absolute Gasteiger partial charge is 0.101 e. The SMILES string of the molecule is CCCCSc1cc(C#N)c[nH]1. The van der Waals surface area contributed by atoms with Gasteiger partial charge in [-0.15, -0.1) is 11.8 Å². The summed E-state index contributed by atoms with van der Waals surface area (Å²) in [4.78, 5) is 3.06. The van der Waals surface area contributed by atoms with Crippen LogP contribution in [0.5, 0.6) is 0 Å². The number of nitrogens with one attached hydrogen (secondary N) is 1.